The van der Waals surface area contributed by atoms with Crippen LogP contribution in [0, 0.1) is 0 Å². The third-order valence-electron chi connectivity index (χ3n) is 5.29. The number of para-hydroxylation sites is 1. The smallest absolute Gasteiger partial charge is 0.341 e. The monoisotopic (exact) mass is 368 g/mol. The number of ether oxygens (including phenoxy) is 1. The average molecular weight is 368 g/mol. The van der Waals surface area contributed by atoms with Crippen LogP contribution in [0.15, 0.2) is 30.5 Å². The molecule has 0 radical (unpaired) electrons. The van der Waals surface area contributed by atoms with Gasteiger partial charge in [-0.25, -0.2) is 9.59 Å². The number of anilines is 1. The fourth-order valence-electron chi connectivity index (χ4n) is 4.07. The molecule has 1 N–H and O–H groups in total. The quantitative estimate of drug-likeness (QED) is 0.839. The number of nitrogens with zero attached hydrogens (tertiary/aromatic N) is 3. The number of benzene rings is 1. The molecule has 2 fully saturated rings. The predicted molar refractivity (Wildman–Crippen MR) is 103 cm³/mol. The molecule has 27 heavy (non-hydrogen) atoms. The molecule has 3 heterocycles. The van der Waals surface area contributed by atoms with E-state index >= 15 is 0 Å². The minimum absolute atomic E-state index is 0.00653. The summed E-state index contributed by atoms with van der Waals surface area (Å²) in [6.07, 6.45) is 3.55. The summed E-state index contributed by atoms with van der Waals surface area (Å²) in [4.78, 5) is 33.3. The SMILES string of the molecule is CCOC(=O)c1cnc2ccccc2c1N1CCCC(N2CCNC2=O)C1. The number of amides is 2. The standard InChI is InChI=1S/C20H24N4O3/c1-2-27-19(25)16-12-22-17-8-4-3-7-15(17)18(16)23-10-5-6-14(13-23)24-11-9-21-20(24)26/h3-4,7-8,12,14H,2,5-6,9-11,13H2,1H3,(H,21,26). The first kappa shape index (κ1) is 17.6. The van der Waals surface area contributed by atoms with Gasteiger partial charge in [0.2, 0.25) is 0 Å². The number of urea groups is 1. The van der Waals surface area contributed by atoms with Crippen molar-refractivity contribution in [3.05, 3.63) is 36.0 Å². The Hall–Kier alpha value is -2.83. The van der Waals surface area contributed by atoms with Gasteiger partial charge in [0, 0.05) is 37.8 Å². The molecular weight excluding hydrogens is 344 g/mol. The fraction of sp³-hybridized carbons (Fsp3) is 0.450. The van der Waals surface area contributed by atoms with Gasteiger partial charge in [-0.05, 0) is 25.8 Å². The van der Waals surface area contributed by atoms with Crippen molar-refractivity contribution in [2.75, 3.05) is 37.7 Å². The minimum atomic E-state index is -0.355. The Morgan fingerprint density at radius 1 is 1.33 bits per heavy atom. The molecule has 1 atom stereocenters. The molecule has 4 rings (SSSR count). The Labute approximate surface area is 158 Å². The number of rotatable bonds is 4. The van der Waals surface area contributed by atoms with Crippen molar-refractivity contribution in [1.29, 1.82) is 0 Å². The van der Waals surface area contributed by atoms with Gasteiger partial charge in [0.25, 0.3) is 0 Å². The maximum absolute atomic E-state index is 12.6. The molecule has 2 aliphatic rings. The zero-order chi connectivity index (χ0) is 18.8. The number of piperidine rings is 1. The molecule has 2 saturated heterocycles. The Kier molecular flexibility index (Phi) is 4.83. The highest BCUT2D eigenvalue weighted by molar-refractivity contribution is 6.05. The number of fused-ring (bicyclic) bond motifs is 1. The van der Waals surface area contributed by atoms with Crippen molar-refractivity contribution in [3.8, 4) is 0 Å². The lowest BCUT2D eigenvalue weighted by Crippen LogP contribution is -2.49. The summed E-state index contributed by atoms with van der Waals surface area (Å²) >= 11 is 0. The molecule has 1 aromatic heterocycles. The maximum atomic E-state index is 12.6. The van der Waals surface area contributed by atoms with E-state index in [2.05, 4.69) is 15.2 Å². The van der Waals surface area contributed by atoms with Crippen LogP contribution in [0.25, 0.3) is 10.9 Å². The summed E-state index contributed by atoms with van der Waals surface area (Å²) in [5, 5.41) is 3.82. The van der Waals surface area contributed by atoms with Crippen LogP contribution in [0.1, 0.15) is 30.1 Å². The zero-order valence-corrected chi connectivity index (χ0v) is 15.5. The molecule has 7 nitrogen and oxygen atoms in total. The number of aromatic nitrogens is 1. The molecule has 1 unspecified atom stereocenters. The van der Waals surface area contributed by atoms with Crippen LogP contribution in [0.4, 0.5) is 10.5 Å². The Morgan fingerprint density at radius 2 is 2.19 bits per heavy atom. The van der Waals surface area contributed by atoms with Gasteiger partial charge in [-0.1, -0.05) is 18.2 Å². The van der Waals surface area contributed by atoms with E-state index in [1.165, 1.54) is 0 Å². The largest absolute Gasteiger partial charge is 0.462 e. The summed E-state index contributed by atoms with van der Waals surface area (Å²) in [6.45, 7) is 5.09. The lowest BCUT2D eigenvalue weighted by atomic mass is 10.0. The molecule has 1 aromatic carbocycles. The molecule has 0 aliphatic carbocycles. The number of pyridine rings is 1. The van der Waals surface area contributed by atoms with Crippen LogP contribution in [-0.4, -0.2) is 60.7 Å². The Balaban J connectivity index is 1.73. The van der Waals surface area contributed by atoms with E-state index in [9.17, 15) is 9.59 Å². The number of carbonyl (C=O) groups excluding carboxylic acids is 2. The summed E-state index contributed by atoms with van der Waals surface area (Å²) in [6, 6.07) is 7.99. The minimum Gasteiger partial charge on any atom is -0.462 e. The second-order valence-corrected chi connectivity index (χ2v) is 6.93. The summed E-state index contributed by atoms with van der Waals surface area (Å²) in [5.41, 5.74) is 2.20. The van der Waals surface area contributed by atoms with E-state index in [1.54, 1.807) is 13.1 Å². The van der Waals surface area contributed by atoms with Gasteiger partial charge in [0.1, 0.15) is 5.56 Å². The van der Waals surface area contributed by atoms with Crippen molar-refractivity contribution in [1.82, 2.24) is 15.2 Å². The van der Waals surface area contributed by atoms with Crippen molar-refractivity contribution in [2.45, 2.75) is 25.8 Å². The molecule has 2 amide bonds. The summed E-state index contributed by atoms with van der Waals surface area (Å²) < 4.78 is 5.27. The van der Waals surface area contributed by atoms with Crippen LogP contribution < -0.4 is 10.2 Å². The highest BCUT2D eigenvalue weighted by Gasteiger charge is 2.33. The number of hydrogen-bond acceptors (Lipinski definition) is 5. The van der Waals surface area contributed by atoms with E-state index in [0.717, 1.165) is 42.5 Å². The highest BCUT2D eigenvalue weighted by Crippen LogP contribution is 2.33. The van der Waals surface area contributed by atoms with E-state index < -0.39 is 0 Å². The lowest BCUT2D eigenvalue weighted by molar-refractivity contribution is 0.0526. The summed E-state index contributed by atoms with van der Waals surface area (Å²) in [5.74, 6) is -0.355. The first-order valence-electron chi connectivity index (χ1n) is 9.53. The van der Waals surface area contributed by atoms with E-state index in [1.807, 2.05) is 29.2 Å². The molecule has 0 spiro atoms. The molecule has 2 aromatic rings. The van der Waals surface area contributed by atoms with Crippen LogP contribution in [0.2, 0.25) is 0 Å². The topological polar surface area (TPSA) is 74.8 Å². The molecular formula is C20H24N4O3. The van der Waals surface area contributed by atoms with Crippen molar-refractivity contribution < 1.29 is 14.3 Å². The number of hydrogen-bond donors (Lipinski definition) is 1. The third-order valence-corrected chi connectivity index (χ3v) is 5.29. The predicted octanol–water partition coefficient (Wildman–Crippen LogP) is 2.41. The number of nitrogens with one attached hydrogen (secondary N) is 1. The maximum Gasteiger partial charge on any atom is 0.341 e. The molecule has 2 aliphatic heterocycles. The van der Waals surface area contributed by atoms with Gasteiger partial charge >= 0.3 is 12.0 Å². The molecule has 7 heteroatoms. The van der Waals surface area contributed by atoms with Gasteiger partial charge in [-0.15, -0.1) is 0 Å². The van der Waals surface area contributed by atoms with Crippen LogP contribution in [0.3, 0.4) is 0 Å². The van der Waals surface area contributed by atoms with E-state index in [4.69, 9.17) is 4.74 Å². The second-order valence-electron chi connectivity index (χ2n) is 6.93. The van der Waals surface area contributed by atoms with E-state index in [-0.39, 0.29) is 18.0 Å². The zero-order valence-electron chi connectivity index (χ0n) is 15.5. The highest BCUT2D eigenvalue weighted by atomic mass is 16.5. The van der Waals surface area contributed by atoms with E-state index in [0.29, 0.717) is 25.3 Å². The molecule has 142 valence electrons. The van der Waals surface area contributed by atoms with Gasteiger partial charge in [0.05, 0.1) is 23.9 Å². The first-order chi connectivity index (χ1) is 13.2. The van der Waals surface area contributed by atoms with Crippen LogP contribution in [0.5, 0.6) is 0 Å². The van der Waals surface area contributed by atoms with Crippen LogP contribution in [-0.2, 0) is 4.74 Å². The van der Waals surface area contributed by atoms with Gasteiger partial charge in [-0.2, -0.15) is 0 Å². The van der Waals surface area contributed by atoms with Gasteiger partial charge in [-0.3, -0.25) is 4.98 Å². The molecule has 0 bridgehead atoms. The summed E-state index contributed by atoms with van der Waals surface area (Å²) in [7, 11) is 0. The number of carbonyl (C=O) groups is 2. The lowest BCUT2D eigenvalue weighted by Gasteiger charge is -2.39. The van der Waals surface area contributed by atoms with Crippen LogP contribution >= 0.6 is 0 Å². The first-order valence-corrected chi connectivity index (χ1v) is 9.53. The Bertz CT molecular complexity index is 869. The van der Waals surface area contributed by atoms with Gasteiger partial charge < -0.3 is 19.9 Å². The van der Waals surface area contributed by atoms with Crippen molar-refractivity contribution in [2.24, 2.45) is 0 Å². The number of esters is 1. The average Bonchev–Trinajstić information content (AvgIpc) is 3.13. The van der Waals surface area contributed by atoms with Crippen molar-refractivity contribution in [3.63, 3.8) is 0 Å². The third kappa shape index (κ3) is 3.29. The van der Waals surface area contributed by atoms with Gasteiger partial charge in [0.15, 0.2) is 0 Å². The van der Waals surface area contributed by atoms with Crippen molar-refractivity contribution >= 4 is 28.6 Å². The molecule has 0 saturated carbocycles. The normalized spacial score (nSPS) is 20.0. The fourth-order valence-corrected chi connectivity index (χ4v) is 4.07. The Morgan fingerprint density at radius 3 is 2.96 bits per heavy atom. The second kappa shape index (κ2) is 7.42.